The Hall–Kier alpha value is -2.33. The molecule has 0 aromatic heterocycles. The number of ketones is 1. The number of allylic oxidation sites excluding steroid dienone is 1. The number of fused-ring (bicyclic) bond motifs is 3. The highest BCUT2D eigenvalue weighted by molar-refractivity contribution is 14.1. The molecule has 146 valence electrons. The van der Waals surface area contributed by atoms with Crippen LogP contribution in [0.25, 0.3) is 5.76 Å². The summed E-state index contributed by atoms with van der Waals surface area (Å²) in [6, 6.07) is 3.16. The van der Waals surface area contributed by atoms with Crippen molar-refractivity contribution in [2.75, 3.05) is 0 Å². The monoisotopic (exact) mass is 495 g/mol. The molecule has 6 N–H and O–H groups in total. The number of aliphatic hydroxyl groups excluding tert-OH is 2. The molecule has 0 unspecified atom stereocenters. The number of nitrogens with two attached hydrogens (primary N) is 1. The first-order valence-corrected chi connectivity index (χ1v) is 9.79. The van der Waals surface area contributed by atoms with E-state index < -0.39 is 29.1 Å². The van der Waals surface area contributed by atoms with Gasteiger partial charge >= 0.3 is 0 Å². The number of hydrogen-bond acceptors (Lipinski definition) is 6. The fourth-order valence-corrected chi connectivity index (χ4v) is 5.42. The number of phenols is 1. The van der Waals surface area contributed by atoms with Crippen LogP contribution in [0.5, 0.6) is 5.75 Å². The van der Waals surface area contributed by atoms with Gasteiger partial charge in [-0.2, -0.15) is 0 Å². The lowest BCUT2D eigenvalue weighted by molar-refractivity contribution is -0.140. The SMILES string of the molecule is C=C1C(C(N)=O)=C(O)C[C@@H]2C[C@@H]3Cc4c(I)ccc(O)c4C(O)=C3C(=O)[C@]12O. The average molecular weight is 495 g/mol. The highest BCUT2D eigenvalue weighted by Gasteiger charge is 2.58. The number of aliphatic hydroxyl groups is 3. The van der Waals surface area contributed by atoms with Gasteiger partial charge in [0.25, 0.3) is 5.91 Å². The number of phenolic OH excluding ortho intramolecular Hbond substituents is 1. The van der Waals surface area contributed by atoms with Crippen molar-refractivity contribution < 1.29 is 30.0 Å². The zero-order valence-electron chi connectivity index (χ0n) is 14.7. The molecule has 0 bridgehead atoms. The Bertz CT molecular complexity index is 1040. The van der Waals surface area contributed by atoms with Crippen LogP contribution in [-0.2, 0) is 16.0 Å². The Morgan fingerprint density at radius 2 is 1.93 bits per heavy atom. The van der Waals surface area contributed by atoms with Crippen LogP contribution >= 0.6 is 22.6 Å². The van der Waals surface area contributed by atoms with Gasteiger partial charge in [-0.05, 0) is 59.0 Å². The maximum absolute atomic E-state index is 13.3. The summed E-state index contributed by atoms with van der Waals surface area (Å²) < 4.78 is 0.844. The zero-order chi connectivity index (χ0) is 20.5. The fourth-order valence-electron chi connectivity index (χ4n) is 4.75. The Kier molecular flexibility index (Phi) is 4.13. The lowest BCUT2D eigenvalue weighted by Crippen LogP contribution is -2.57. The number of Topliss-reactive ketones (excluding diaryl/α,β-unsaturated/α-hetero) is 1. The van der Waals surface area contributed by atoms with Crippen molar-refractivity contribution >= 4 is 40.0 Å². The third-order valence-electron chi connectivity index (χ3n) is 6.07. The molecule has 1 aromatic carbocycles. The molecule has 4 rings (SSSR count). The minimum absolute atomic E-state index is 0.00918. The predicted molar refractivity (Wildman–Crippen MR) is 108 cm³/mol. The molecule has 3 aliphatic rings. The maximum atomic E-state index is 13.3. The van der Waals surface area contributed by atoms with Crippen molar-refractivity contribution in [2.45, 2.75) is 24.9 Å². The van der Waals surface area contributed by atoms with Crippen molar-refractivity contribution in [1.29, 1.82) is 0 Å². The Balaban J connectivity index is 1.92. The van der Waals surface area contributed by atoms with Crippen molar-refractivity contribution in [1.82, 2.24) is 0 Å². The zero-order valence-corrected chi connectivity index (χ0v) is 16.9. The Morgan fingerprint density at radius 1 is 1.25 bits per heavy atom. The number of amides is 1. The molecule has 0 heterocycles. The van der Waals surface area contributed by atoms with Gasteiger partial charge in [-0.3, -0.25) is 9.59 Å². The second-order valence-electron chi connectivity index (χ2n) is 7.48. The number of primary amides is 1. The standard InChI is InChI=1S/C20H18INO6/c1-7-14(19(22)27)13(24)6-9-4-8-5-10-11(21)2-3-12(23)16(10)17(25)15(8)18(26)20(7,9)28/h2-3,8-9,23-25,28H,1,4-6H2,(H2,22,27)/t8-,9+,20+/m1/s1. The third kappa shape index (κ3) is 2.30. The van der Waals surface area contributed by atoms with Crippen molar-refractivity contribution in [3.63, 3.8) is 0 Å². The van der Waals surface area contributed by atoms with Crippen LogP contribution in [0.1, 0.15) is 24.0 Å². The minimum Gasteiger partial charge on any atom is -0.511 e. The van der Waals surface area contributed by atoms with Gasteiger partial charge < -0.3 is 26.2 Å². The first-order chi connectivity index (χ1) is 13.1. The van der Waals surface area contributed by atoms with E-state index in [1.165, 1.54) is 6.07 Å². The smallest absolute Gasteiger partial charge is 0.252 e. The fraction of sp³-hybridized carbons (Fsp3) is 0.300. The van der Waals surface area contributed by atoms with Crippen molar-refractivity contribution in [3.8, 4) is 5.75 Å². The average Bonchev–Trinajstić information content (AvgIpc) is 2.61. The van der Waals surface area contributed by atoms with E-state index in [0.29, 0.717) is 12.8 Å². The Morgan fingerprint density at radius 3 is 2.57 bits per heavy atom. The van der Waals surface area contributed by atoms with Crippen LogP contribution in [0.2, 0.25) is 0 Å². The van der Waals surface area contributed by atoms with E-state index in [1.54, 1.807) is 6.07 Å². The number of benzene rings is 1. The number of halogens is 1. The van der Waals surface area contributed by atoms with E-state index in [-0.39, 0.29) is 46.0 Å². The van der Waals surface area contributed by atoms with Crippen LogP contribution in [0.4, 0.5) is 0 Å². The van der Waals surface area contributed by atoms with Gasteiger partial charge in [0.2, 0.25) is 0 Å². The molecule has 3 aliphatic carbocycles. The molecule has 7 nitrogen and oxygen atoms in total. The second-order valence-corrected chi connectivity index (χ2v) is 8.64. The lowest BCUT2D eigenvalue weighted by atomic mass is 9.58. The molecule has 1 saturated carbocycles. The van der Waals surface area contributed by atoms with Crippen molar-refractivity contribution in [2.24, 2.45) is 17.6 Å². The van der Waals surface area contributed by atoms with Gasteiger partial charge in [0, 0.05) is 27.1 Å². The van der Waals surface area contributed by atoms with E-state index in [2.05, 4.69) is 29.2 Å². The summed E-state index contributed by atoms with van der Waals surface area (Å²) in [6.07, 6.45) is 0.606. The van der Waals surface area contributed by atoms with E-state index in [1.807, 2.05) is 0 Å². The lowest BCUT2D eigenvalue weighted by Gasteiger charge is -2.47. The quantitative estimate of drug-likeness (QED) is 0.378. The van der Waals surface area contributed by atoms with E-state index in [4.69, 9.17) is 5.73 Å². The number of carbonyl (C=O) groups is 2. The topological polar surface area (TPSA) is 141 Å². The highest BCUT2D eigenvalue weighted by Crippen LogP contribution is 2.53. The molecular weight excluding hydrogens is 477 g/mol. The number of aromatic hydroxyl groups is 1. The van der Waals surface area contributed by atoms with Crippen LogP contribution in [0.3, 0.4) is 0 Å². The number of hydrogen-bond donors (Lipinski definition) is 5. The van der Waals surface area contributed by atoms with Crippen LogP contribution < -0.4 is 5.73 Å². The largest absolute Gasteiger partial charge is 0.511 e. The summed E-state index contributed by atoms with van der Waals surface area (Å²) in [5.74, 6) is -3.66. The van der Waals surface area contributed by atoms with Gasteiger partial charge in [0.1, 0.15) is 17.3 Å². The molecule has 1 amide bonds. The molecule has 28 heavy (non-hydrogen) atoms. The normalized spacial score (nSPS) is 29.4. The molecule has 0 aliphatic heterocycles. The second kappa shape index (κ2) is 6.08. The maximum Gasteiger partial charge on any atom is 0.252 e. The van der Waals surface area contributed by atoms with Gasteiger partial charge in [-0.25, -0.2) is 0 Å². The molecule has 0 radical (unpaired) electrons. The van der Waals surface area contributed by atoms with Gasteiger partial charge in [-0.1, -0.05) is 6.58 Å². The summed E-state index contributed by atoms with van der Waals surface area (Å²) in [4.78, 5) is 25.1. The third-order valence-corrected chi connectivity index (χ3v) is 7.08. The van der Waals surface area contributed by atoms with E-state index in [0.717, 1.165) is 9.13 Å². The molecule has 1 aromatic rings. The molecule has 1 fully saturated rings. The summed E-state index contributed by atoms with van der Waals surface area (Å²) in [5, 5.41) is 42.6. The van der Waals surface area contributed by atoms with Crippen LogP contribution in [0.15, 0.2) is 41.2 Å². The summed E-state index contributed by atoms with van der Waals surface area (Å²) in [6.45, 7) is 3.67. The number of carbonyl (C=O) groups excluding carboxylic acids is 2. The van der Waals surface area contributed by atoms with E-state index >= 15 is 0 Å². The summed E-state index contributed by atoms with van der Waals surface area (Å²) in [7, 11) is 0. The van der Waals surface area contributed by atoms with Gasteiger partial charge in [-0.15, -0.1) is 0 Å². The highest BCUT2D eigenvalue weighted by atomic mass is 127. The molecule has 3 atom stereocenters. The van der Waals surface area contributed by atoms with Crippen LogP contribution in [0, 0.1) is 15.4 Å². The first kappa shape index (κ1) is 19.0. The number of rotatable bonds is 1. The van der Waals surface area contributed by atoms with E-state index in [9.17, 15) is 30.0 Å². The summed E-state index contributed by atoms with van der Waals surface area (Å²) in [5.41, 5.74) is 3.47. The first-order valence-electron chi connectivity index (χ1n) is 8.71. The summed E-state index contributed by atoms with van der Waals surface area (Å²) >= 11 is 2.10. The molecular formula is C20H18INO6. The van der Waals surface area contributed by atoms with Gasteiger partial charge in [0.15, 0.2) is 11.4 Å². The Labute approximate surface area is 174 Å². The predicted octanol–water partition coefficient (Wildman–Crippen LogP) is 2.02. The van der Waals surface area contributed by atoms with Crippen molar-refractivity contribution in [3.05, 3.63) is 55.9 Å². The molecule has 0 spiro atoms. The van der Waals surface area contributed by atoms with Crippen LogP contribution in [-0.4, -0.2) is 37.7 Å². The van der Waals surface area contributed by atoms with Gasteiger partial charge in [0.05, 0.1) is 11.1 Å². The molecule has 0 saturated heterocycles. The minimum atomic E-state index is -2.15. The molecule has 8 heteroatoms.